The molecule has 11 heavy (non-hydrogen) atoms. The highest BCUT2D eigenvalue weighted by Crippen LogP contribution is 2.19. The third kappa shape index (κ3) is 1.07. The minimum absolute atomic E-state index is 0.712. The maximum atomic E-state index is 5.57. The van der Waals surface area contributed by atoms with Crippen LogP contribution >= 0.6 is 12.2 Å². The Labute approximate surface area is 70.1 Å². The summed E-state index contributed by atoms with van der Waals surface area (Å²) in [6.45, 7) is 0. The summed E-state index contributed by atoms with van der Waals surface area (Å²) >= 11 is 5.04. The van der Waals surface area contributed by atoms with Crippen LogP contribution in [0.5, 0.6) is 0 Å². The van der Waals surface area contributed by atoms with Crippen molar-refractivity contribution in [2.45, 2.75) is 6.42 Å². The number of hydrogen-bond donors (Lipinski definition) is 2. The summed E-state index contributed by atoms with van der Waals surface area (Å²) in [4.78, 5) is 4.02. The SMILES string of the molecule is Nc1cc2c([nH]1)CC(=S)C=C2. The minimum atomic E-state index is 0.712. The van der Waals surface area contributed by atoms with E-state index in [9.17, 15) is 0 Å². The lowest BCUT2D eigenvalue weighted by molar-refractivity contribution is 1.20. The van der Waals surface area contributed by atoms with E-state index < -0.39 is 0 Å². The predicted molar refractivity (Wildman–Crippen MR) is 50.5 cm³/mol. The molecule has 1 aliphatic rings. The molecule has 2 rings (SSSR count). The smallest absolute Gasteiger partial charge is 0.101 e. The molecule has 0 fully saturated rings. The van der Waals surface area contributed by atoms with Crippen LogP contribution in [0.4, 0.5) is 5.82 Å². The van der Waals surface area contributed by atoms with E-state index in [0.29, 0.717) is 5.82 Å². The highest BCUT2D eigenvalue weighted by molar-refractivity contribution is 7.80. The van der Waals surface area contributed by atoms with Crippen molar-refractivity contribution in [2.24, 2.45) is 0 Å². The average molecular weight is 164 g/mol. The highest BCUT2D eigenvalue weighted by Gasteiger charge is 2.09. The van der Waals surface area contributed by atoms with E-state index >= 15 is 0 Å². The summed E-state index contributed by atoms with van der Waals surface area (Å²) in [6, 6.07) is 1.92. The third-order valence-corrected chi connectivity index (χ3v) is 2.03. The van der Waals surface area contributed by atoms with Gasteiger partial charge in [0.15, 0.2) is 0 Å². The Morgan fingerprint density at radius 2 is 2.27 bits per heavy atom. The molecule has 0 radical (unpaired) electrons. The fourth-order valence-electron chi connectivity index (χ4n) is 1.25. The fourth-order valence-corrected chi connectivity index (χ4v) is 1.46. The number of H-pyrrole nitrogens is 1. The molecule has 0 saturated heterocycles. The predicted octanol–water partition coefficient (Wildman–Crippen LogP) is 1.54. The second-order valence-electron chi connectivity index (χ2n) is 2.63. The molecule has 2 nitrogen and oxygen atoms in total. The van der Waals surface area contributed by atoms with Crippen molar-refractivity contribution in [3.8, 4) is 0 Å². The van der Waals surface area contributed by atoms with E-state index in [4.69, 9.17) is 18.0 Å². The van der Waals surface area contributed by atoms with Crippen molar-refractivity contribution in [3.63, 3.8) is 0 Å². The van der Waals surface area contributed by atoms with Crippen molar-refractivity contribution in [2.75, 3.05) is 5.73 Å². The van der Waals surface area contributed by atoms with Gasteiger partial charge in [0.2, 0.25) is 0 Å². The standard InChI is InChI=1S/C8H8N2S/c9-8-3-5-1-2-6(11)4-7(5)10-8/h1-3,10H,4,9H2. The number of allylic oxidation sites excluding steroid dienone is 1. The lowest BCUT2D eigenvalue weighted by Crippen LogP contribution is -2.01. The lowest BCUT2D eigenvalue weighted by Gasteiger charge is -2.03. The zero-order valence-electron chi connectivity index (χ0n) is 5.92. The number of anilines is 1. The van der Waals surface area contributed by atoms with Crippen LogP contribution in [0.15, 0.2) is 12.1 Å². The molecule has 1 heterocycles. The van der Waals surface area contributed by atoms with Gasteiger partial charge in [-0.05, 0) is 17.7 Å². The van der Waals surface area contributed by atoms with Crippen molar-refractivity contribution >= 4 is 29.0 Å². The van der Waals surface area contributed by atoms with E-state index in [1.54, 1.807) is 0 Å². The molecule has 1 aromatic heterocycles. The molecule has 0 saturated carbocycles. The molecule has 0 atom stereocenters. The Hall–Kier alpha value is -1.09. The molecule has 0 aromatic carbocycles. The first kappa shape index (κ1) is 6.61. The van der Waals surface area contributed by atoms with Crippen molar-refractivity contribution in [1.29, 1.82) is 0 Å². The number of nitrogens with one attached hydrogen (secondary N) is 1. The van der Waals surface area contributed by atoms with Gasteiger partial charge in [-0.3, -0.25) is 0 Å². The topological polar surface area (TPSA) is 41.8 Å². The summed E-state index contributed by atoms with van der Waals surface area (Å²) < 4.78 is 0. The van der Waals surface area contributed by atoms with E-state index in [-0.39, 0.29) is 0 Å². The zero-order valence-corrected chi connectivity index (χ0v) is 6.74. The molecule has 0 bridgehead atoms. The maximum Gasteiger partial charge on any atom is 0.101 e. The molecule has 0 spiro atoms. The Balaban J connectivity index is 2.52. The maximum absolute atomic E-state index is 5.57. The van der Waals surface area contributed by atoms with Gasteiger partial charge in [-0.2, -0.15) is 0 Å². The minimum Gasteiger partial charge on any atom is -0.385 e. The second-order valence-corrected chi connectivity index (χ2v) is 3.16. The number of aromatic nitrogens is 1. The van der Waals surface area contributed by atoms with Crippen LogP contribution < -0.4 is 5.73 Å². The average Bonchev–Trinajstić information content (AvgIpc) is 2.27. The summed E-state index contributed by atoms with van der Waals surface area (Å²) in [6.07, 6.45) is 4.76. The molecular weight excluding hydrogens is 156 g/mol. The van der Waals surface area contributed by atoms with Crippen molar-refractivity contribution in [1.82, 2.24) is 4.98 Å². The van der Waals surface area contributed by atoms with Gasteiger partial charge in [-0.15, -0.1) is 0 Å². The monoisotopic (exact) mass is 164 g/mol. The van der Waals surface area contributed by atoms with Gasteiger partial charge in [-0.25, -0.2) is 0 Å². The van der Waals surface area contributed by atoms with E-state index in [1.165, 1.54) is 0 Å². The molecule has 3 heteroatoms. The summed E-state index contributed by atoms with van der Waals surface area (Å²) in [7, 11) is 0. The number of aromatic amines is 1. The normalized spacial score (nSPS) is 15.1. The number of thiocarbonyl (C=S) groups is 1. The van der Waals surface area contributed by atoms with Crippen LogP contribution in [0.25, 0.3) is 6.08 Å². The van der Waals surface area contributed by atoms with Crippen LogP contribution in [0.3, 0.4) is 0 Å². The number of hydrogen-bond acceptors (Lipinski definition) is 2. The molecule has 0 aliphatic heterocycles. The molecule has 0 amide bonds. The van der Waals surface area contributed by atoms with Gasteiger partial charge in [0, 0.05) is 17.0 Å². The van der Waals surface area contributed by atoms with Gasteiger partial charge >= 0.3 is 0 Å². The Morgan fingerprint density at radius 3 is 3.09 bits per heavy atom. The van der Waals surface area contributed by atoms with Crippen LogP contribution in [-0.2, 0) is 6.42 Å². The number of fused-ring (bicyclic) bond motifs is 1. The zero-order chi connectivity index (χ0) is 7.84. The molecule has 3 N–H and O–H groups in total. The summed E-state index contributed by atoms with van der Waals surface area (Å²) in [5.74, 6) is 0.712. The molecular formula is C8H8N2S. The Morgan fingerprint density at radius 1 is 1.45 bits per heavy atom. The fraction of sp³-hybridized carbons (Fsp3) is 0.125. The summed E-state index contributed by atoms with van der Waals surface area (Å²) in [5, 5.41) is 0. The largest absolute Gasteiger partial charge is 0.385 e. The van der Waals surface area contributed by atoms with Crippen LogP contribution in [0, 0.1) is 0 Å². The number of rotatable bonds is 0. The summed E-state index contributed by atoms with van der Waals surface area (Å²) in [5.41, 5.74) is 7.87. The molecule has 0 unspecified atom stereocenters. The van der Waals surface area contributed by atoms with Crippen LogP contribution in [0.1, 0.15) is 11.3 Å². The van der Waals surface area contributed by atoms with E-state index in [1.807, 2.05) is 18.2 Å². The lowest BCUT2D eigenvalue weighted by atomic mass is 10.1. The van der Waals surface area contributed by atoms with Crippen LogP contribution in [-0.4, -0.2) is 9.85 Å². The van der Waals surface area contributed by atoms with Gasteiger partial charge in [0.1, 0.15) is 5.82 Å². The van der Waals surface area contributed by atoms with Gasteiger partial charge < -0.3 is 10.7 Å². The first-order chi connectivity index (χ1) is 5.25. The van der Waals surface area contributed by atoms with Gasteiger partial charge in [0.05, 0.1) is 0 Å². The third-order valence-electron chi connectivity index (χ3n) is 1.75. The molecule has 56 valence electrons. The highest BCUT2D eigenvalue weighted by atomic mass is 32.1. The first-order valence-electron chi connectivity index (χ1n) is 3.44. The molecule has 1 aromatic rings. The van der Waals surface area contributed by atoms with E-state index in [2.05, 4.69) is 4.98 Å². The van der Waals surface area contributed by atoms with E-state index in [0.717, 1.165) is 22.5 Å². The van der Waals surface area contributed by atoms with Crippen molar-refractivity contribution < 1.29 is 0 Å². The quantitative estimate of drug-likeness (QED) is 0.571. The Kier molecular flexibility index (Phi) is 1.32. The number of nitrogen functional groups attached to an aromatic ring is 1. The van der Waals surface area contributed by atoms with Crippen LogP contribution in [0.2, 0.25) is 0 Å². The van der Waals surface area contributed by atoms with Gasteiger partial charge in [-0.1, -0.05) is 18.3 Å². The van der Waals surface area contributed by atoms with Gasteiger partial charge in [0.25, 0.3) is 0 Å². The number of nitrogens with two attached hydrogens (primary N) is 1. The second kappa shape index (κ2) is 2.20. The Bertz CT molecular complexity index is 336. The molecule has 1 aliphatic carbocycles. The first-order valence-corrected chi connectivity index (χ1v) is 3.85. The van der Waals surface area contributed by atoms with Crippen molar-refractivity contribution in [3.05, 3.63) is 23.4 Å².